The van der Waals surface area contributed by atoms with Crippen LogP contribution in [0.25, 0.3) is 0 Å². The Kier molecular flexibility index (Phi) is 6.68. The monoisotopic (exact) mass is 312 g/mol. The van der Waals surface area contributed by atoms with Gasteiger partial charge in [0, 0.05) is 42.7 Å². The molecule has 0 aromatic heterocycles. The van der Waals surface area contributed by atoms with Crippen LogP contribution >= 0.6 is 11.8 Å². The molecule has 21 heavy (non-hydrogen) atoms. The molecule has 2 fully saturated rings. The van der Waals surface area contributed by atoms with Crippen molar-refractivity contribution in [2.45, 2.75) is 58.0 Å². The summed E-state index contributed by atoms with van der Waals surface area (Å²) in [5.74, 6) is 3.55. The predicted octanol–water partition coefficient (Wildman–Crippen LogP) is 2.31. The van der Waals surface area contributed by atoms with Crippen molar-refractivity contribution in [1.29, 1.82) is 0 Å². The first-order valence-corrected chi connectivity index (χ1v) is 9.69. The van der Waals surface area contributed by atoms with Crippen LogP contribution in [0.3, 0.4) is 0 Å². The fourth-order valence-electron chi connectivity index (χ4n) is 3.46. The molecule has 0 aromatic rings. The van der Waals surface area contributed by atoms with E-state index in [4.69, 9.17) is 4.99 Å². The third-order valence-corrected chi connectivity index (χ3v) is 5.46. The van der Waals surface area contributed by atoms with Crippen LogP contribution in [0, 0.1) is 0 Å². The van der Waals surface area contributed by atoms with Crippen LogP contribution in [0.15, 0.2) is 4.99 Å². The summed E-state index contributed by atoms with van der Waals surface area (Å²) in [6.45, 7) is 10.8. The molecule has 2 N–H and O–H groups in total. The second-order valence-corrected chi connectivity index (χ2v) is 7.75. The molecular formula is C16H32N4S. The Balaban J connectivity index is 2.03. The Labute approximate surface area is 134 Å². The van der Waals surface area contributed by atoms with Crippen molar-refractivity contribution in [3.63, 3.8) is 0 Å². The highest BCUT2D eigenvalue weighted by atomic mass is 32.2. The summed E-state index contributed by atoms with van der Waals surface area (Å²) in [7, 11) is 0. The summed E-state index contributed by atoms with van der Waals surface area (Å²) in [5.41, 5.74) is 0.334. The Morgan fingerprint density at radius 3 is 2.48 bits per heavy atom. The third kappa shape index (κ3) is 4.78. The molecule has 1 aliphatic heterocycles. The minimum atomic E-state index is 0.334. The predicted molar refractivity (Wildman–Crippen MR) is 94.3 cm³/mol. The van der Waals surface area contributed by atoms with E-state index < -0.39 is 0 Å². The SMILES string of the molecule is CCNC(=NCC1(N2CCSCC2)CCCC1)NC(C)C. The van der Waals surface area contributed by atoms with Crippen LogP contribution in [-0.4, -0.2) is 60.1 Å². The molecule has 0 radical (unpaired) electrons. The lowest BCUT2D eigenvalue weighted by atomic mass is 9.95. The number of guanidine groups is 1. The van der Waals surface area contributed by atoms with E-state index in [-0.39, 0.29) is 0 Å². The molecule has 1 heterocycles. The molecule has 2 rings (SSSR count). The van der Waals surface area contributed by atoms with Gasteiger partial charge in [0.15, 0.2) is 5.96 Å². The molecule has 1 saturated heterocycles. The van der Waals surface area contributed by atoms with Crippen LogP contribution in [0.2, 0.25) is 0 Å². The maximum absolute atomic E-state index is 4.93. The maximum atomic E-state index is 4.93. The topological polar surface area (TPSA) is 39.7 Å². The van der Waals surface area contributed by atoms with E-state index in [9.17, 15) is 0 Å². The molecule has 122 valence electrons. The van der Waals surface area contributed by atoms with Crippen molar-refractivity contribution in [2.24, 2.45) is 4.99 Å². The fourth-order valence-corrected chi connectivity index (χ4v) is 4.37. The van der Waals surface area contributed by atoms with Gasteiger partial charge in [0.05, 0.1) is 6.54 Å². The number of thioether (sulfide) groups is 1. The molecule has 0 unspecified atom stereocenters. The molecule has 5 heteroatoms. The van der Waals surface area contributed by atoms with Gasteiger partial charge in [0.25, 0.3) is 0 Å². The zero-order valence-electron chi connectivity index (χ0n) is 14.0. The van der Waals surface area contributed by atoms with Gasteiger partial charge in [-0.25, -0.2) is 0 Å². The van der Waals surface area contributed by atoms with E-state index in [0.29, 0.717) is 11.6 Å². The van der Waals surface area contributed by atoms with E-state index in [1.807, 2.05) is 0 Å². The van der Waals surface area contributed by atoms with Gasteiger partial charge in [-0.05, 0) is 33.6 Å². The van der Waals surface area contributed by atoms with Gasteiger partial charge < -0.3 is 10.6 Å². The zero-order chi connectivity index (χ0) is 15.1. The second-order valence-electron chi connectivity index (χ2n) is 6.53. The lowest BCUT2D eigenvalue weighted by Crippen LogP contribution is -2.53. The van der Waals surface area contributed by atoms with Crippen molar-refractivity contribution in [1.82, 2.24) is 15.5 Å². The number of aliphatic imine (C=N–C) groups is 1. The molecule has 1 aliphatic carbocycles. The minimum absolute atomic E-state index is 0.334. The van der Waals surface area contributed by atoms with E-state index in [2.05, 4.69) is 48.1 Å². The van der Waals surface area contributed by atoms with Crippen LogP contribution in [0.5, 0.6) is 0 Å². The first-order valence-electron chi connectivity index (χ1n) is 8.54. The highest BCUT2D eigenvalue weighted by Crippen LogP contribution is 2.37. The van der Waals surface area contributed by atoms with Gasteiger partial charge in [-0.15, -0.1) is 0 Å². The number of hydrogen-bond acceptors (Lipinski definition) is 3. The number of hydrogen-bond donors (Lipinski definition) is 2. The smallest absolute Gasteiger partial charge is 0.191 e. The molecule has 0 aromatic carbocycles. The molecular weight excluding hydrogens is 280 g/mol. The minimum Gasteiger partial charge on any atom is -0.357 e. The first-order chi connectivity index (χ1) is 10.2. The lowest BCUT2D eigenvalue weighted by Gasteiger charge is -2.42. The summed E-state index contributed by atoms with van der Waals surface area (Å²) in [5, 5.41) is 6.82. The normalized spacial score (nSPS) is 23.5. The summed E-state index contributed by atoms with van der Waals surface area (Å²) >= 11 is 2.09. The third-order valence-electron chi connectivity index (χ3n) is 4.52. The quantitative estimate of drug-likeness (QED) is 0.604. The summed E-state index contributed by atoms with van der Waals surface area (Å²) < 4.78 is 0. The fraction of sp³-hybridized carbons (Fsp3) is 0.938. The highest BCUT2D eigenvalue weighted by Gasteiger charge is 2.39. The molecule has 0 atom stereocenters. The number of nitrogens with one attached hydrogen (secondary N) is 2. The van der Waals surface area contributed by atoms with Gasteiger partial charge in [-0.2, -0.15) is 11.8 Å². The van der Waals surface area contributed by atoms with Crippen molar-refractivity contribution in [3.05, 3.63) is 0 Å². The maximum Gasteiger partial charge on any atom is 0.191 e. The summed E-state index contributed by atoms with van der Waals surface area (Å²) in [4.78, 5) is 7.66. The summed E-state index contributed by atoms with van der Waals surface area (Å²) in [6.07, 6.45) is 5.38. The van der Waals surface area contributed by atoms with Crippen LogP contribution in [0.1, 0.15) is 46.5 Å². The molecule has 0 amide bonds. The highest BCUT2D eigenvalue weighted by molar-refractivity contribution is 7.99. The first kappa shape index (κ1) is 16.9. The van der Waals surface area contributed by atoms with Gasteiger partial charge >= 0.3 is 0 Å². The Bertz CT molecular complexity index is 331. The number of nitrogens with zero attached hydrogens (tertiary/aromatic N) is 2. The van der Waals surface area contributed by atoms with E-state index in [1.165, 1.54) is 50.3 Å². The average Bonchev–Trinajstić information content (AvgIpc) is 2.96. The van der Waals surface area contributed by atoms with E-state index in [0.717, 1.165) is 19.0 Å². The summed E-state index contributed by atoms with van der Waals surface area (Å²) in [6, 6.07) is 0.425. The van der Waals surface area contributed by atoms with Crippen molar-refractivity contribution >= 4 is 17.7 Å². The van der Waals surface area contributed by atoms with Crippen molar-refractivity contribution < 1.29 is 0 Å². The van der Waals surface area contributed by atoms with Crippen LogP contribution in [-0.2, 0) is 0 Å². The van der Waals surface area contributed by atoms with Crippen molar-refractivity contribution in [3.8, 4) is 0 Å². The van der Waals surface area contributed by atoms with Crippen molar-refractivity contribution in [2.75, 3.05) is 37.7 Å². The van der Waals surface area contributed by atoms with Gasteiger partial charge in [-0.3, -0.25) is 9.89 Å². The van der Waals surface area contributed by atoms with Gasteiger partial charge in [0.1, 0.15) is 0 Å². The second kappa shape index (κ2) is 8.28. The van der Waals surface area contributed by atoms with Gasteiger partial charge in [0.2, 0.25) is 0 Å². The molecule has 2 aliphatic rings. The standard InChI is InChI=1S/C16H32N4S/c1-4-17-15(19-14(2)3)18-13-16(7-5-6-8-16)20-9-11-21-12-10-20/h14H,4-13H2,1-3H3,(H2,17,18,19). The molecule has 1 saturated carbocycles. The van der Waals surface area contributed by atoms with E-state index in [1.54, 1.807) is 0 Å². The lowest BCUT2D eigenvalue weighted by molar-refractivity contribution is 0.112. The molecule has 0 bridgehead atoms. The zero-order valence-corrected chi connectivity index (χ0v) is 14.8. The number of rotatable bonds is 5. The van der Waals surface area contributed by atoms with E-state index >= 15 is 0 Å². The Morgan fingerprint density at radius 1 is 1.24 bits per heavy atom. The average molecular weight is 313 g/mol. The Hall–Kier alpha value is -0.420. The Morgan fingerprint density at radius 2 is 1.90 bits per heavy atom. The van der Waals surface area contributed by atoms with Gasteiger partial charge in [-0.1, -0.05) is 12.8 Å². The molecule has 0 spiro atoms. The largest absolute Gasteiger partial charge is 0.357 e. The molecule has 4 nitrogen and oxygen atoms in total. The van der Waals surface area contributed by atoms with Crippen LogP contribution in [0.4, 0.5) is 0 Å². The van der Waals surface area contributed by atoms with Crippen LogP contribution < -0.4 is 10.6 Å².